The number of nitrogens with one attached hydrogen (secondary N) is 1. The number of rotatable bonds is 8. The van der Waals surface area contributed by atoms with E-state index in [1.165, 1.54) is 19.2 Å². The smallest absolute Gasteiger partial charge is 0.339 e. The van der Waals surface area contributed by atoms with Gasteiger partial charge in [-0.2, -0.15) is 0 Å². The molecule has 8 nitrogen and oxygen atoms in total. The van der Waals surface area contributed by atoms with E-state index in [0.717, 1.165) is 9.80 Å². The van der Waals surface area contributed by atoms with E-state index in [2.05, 4.69) is 5.32 Å². The average molecular weight is 413 g/mol. The SMILES string of the molecule is COc1ccc(N2C(=O)C(=O)N(CC(=O)NCCSc3ccccc3)C2=O)cc1. The molecule has 1 aliphatic heterocycles. The van der Waals surface area contributed by atoms with Gasteiger partial charge in [0, 0.05) is 17.2 Å². The van der Waals surface area contributed by atoms with Crippen LogP contribution in [-0.4, -0.2) is 54.6 Å². The summed E-state index contributed by atoms with van der Waals surface area (Å²) in [5.41, 5.74) is 0.233. The number of hydrogen-bond acceptors (Lipinski definition) is 6. The Labute approximate surface area is 171 Å². The molecule has 0 saturated carbocycles. The first-order valence-corrected chi connectivity index (χ1v) is 9.78. The van der Waals surface area contributed by atoms with Gasteiger partial charge in [-0.15, -0.1) is 11.8 Å². The molecule has 150 valence electrons. The number of nitrogens with zero attached hydrogens (tertiary/aromatic N) is 2. The first-order chi connectivity index (χ1) is 14.0. The molecule has 1 heterocycles. The standard InChI is InChI=1S/C20H19N3O5S/c1-28-15-9-7-14(8-10-15)23-19(26)18(25)22(20(23)27)13-17(24)21-11-12-29-16-5-3-2-4-6-16/h2-10H,11-13H2,1H3,(H,21,24). The fourth-order valence-electron chi connectivity index (χ4n) is 2.68. The zero-order chi connectivity index (χ0) is 20.8. The minimum Gasteiger partial charge on any atom is -0.497 e. The maximum absolute atomic E-state index is 12.5. The molecule has 1 N–H and O–H groups in total. The van der Waals surface area contributed by atoms with Crippen LogP contribution in [0.3, 0.4) is 0 Å². The third-order valence-corrected chi connectivity index (χ3v) is 5.14. The fourth-order valence-corrected chi connectivity index (χ4v) is 3.47. The lowest BCUT2D eigenvalue weighted by molar-refractivity contribution is -0.140. The number of carbonyl (C=O) groups is 4. The van der Waals surface area contributed by atoms with Gasteiger partial charge in [0.25, 0.3) is 0 Å². The Morgan fingerprint density at radius 3 is 2.34 bits per heavy atom. The Morgan fingerprint density at radius 2 is 1.69 bits per heavy atom. The summed E-state index contributed by atoms with van der Waals surface area (Å²) in [6, 6.07) is 15.0. The third kappa shape index (κ3) is 4.75. The summed E-state index contributed by atoms with van der Waals surface area (Å²) in [6.07, 6.45) is 0. The number of urea groups is 1. The molecule has 9 heteroatoms. The van der Waals surface area contributed by atoms with Crippen LogP contribution in [0.2, 0.25) is 0 Å². The molecule has 0 radical (unpaired) electrons. The average Bonchev–Trinajstić information content (AvgIpc) is 2.95. The monoisotopic (exact) mass is 413 g/mol. The predicted octanol–water partition coefficient (Wildman–Crippen LogP) is 1.90. The molecule has 0 bridgehead atoms. The number of imide groups is 2. The molecular weight excluding hydrogens is 394 g/mol. The Morgan fingerprint density at radius 1 is 1.00 bits per heavy atom. The minimum atomic E-state index is -1.03. The van der Waals surface area contributed by atoms with Gasteiger partial charge in [0.15, 0.2) is 0 Å². The molecule has 2 aromatic rings. The lowest BCUT2D eigenvalue weighted by Gasteiger charge is -2.15. The largest absolute Gasteiger partial charge is 0.497 e. The molecule has 0 aromatic heterocycles. The van der Waals surface area contributed by atoms with Gasteiger partial charge in [-0.1, -0.05) is 18.2 Å². The van der Waals surface area contributed by atoms with E-state index in [1.54, 1.807) is 23.9 Å². The molecule has 0 unspecified atom stereocenters. The van der Waals surface area contributed by atoms with E-state index in [0.29, 0.717) is 22.9 Å². The molecule has 0 atom stereocenters. The molecule has 5 amide bonds. The van der Waals surface area contributed by atoms with E-state index in [1.807, 2.05) is 30.3 Å². The molecule has 1 saturated heterocycles. The second kappa shape index (κ2) is 9.24. The van der Waals surface area contributed by atoms with Gasteiger partial charge < -0.3 is 10.1 Å². The zero-order valence-corrected chi connectivity index (χ0v) is 16.5. The van der Waals surface area contributed by atoms with Crippen LogP contribution < -0.4 is 15.0 Å². The van der Waals surface area contributed by atoms with Crippen LogP contribution in [0.1, 0.15) is 0 Å². The van der Waals surface area contributed by atoms with E-state index in [4.69, 9.17) is 4.74 Å². The van der Waals surface area contributed by atoms with E-state index >= 15 is 0 Å². The number of carbonyl (C=O) groups excluding carboxylic acids is 4. The van der Waals surface area contributed by atoms with Crippen LogP contribution in [0.5, 0.6) is 5.75 Å². The lowest BCUT2D eigenvalue weighted by Crippen LogP contribution is -2.42. The van der Waals surface area contributed by atoms with Crippen molar-refractivity contribution in [2.75, 3.05) is 30.9 Å². The summed E-state index contributed by atoms with van der Waals surface area (Å²) in [7, 11) is 1.49. The Bertz CT molecular complexity index is 917. The second-order valence-electron chi connectivity index (χ2n) is 6.02. The number of benzene rings is 2. The van der Waals surface area contributed by atoms with Crippen molar-refractivity contribution in [3.05, 3.63) is 54.6 Å². The van der Waals surface area contributed by atoms with E-state index in [-0.39, 0.29) is 5.69 Å². The molecule has 29 heavy (non-hydrogen) atoms. The summed E-state index contributed by atoms with van der Waals surface area (Å²) in [5, 5.41) is 2.65. The number of amides is 5. The second-order valence-corrected chi connectivity index (χ2v) is 7.19. The van der Waals surface area contributed by atoms with Gasteiger partial charge in [-0.05, 0) is 36.4 Å². The Kier molecular flexibility index (Phi) is 6.50. The highest BCUT2D eigenvalue weighted by atomic mass is 32.2. The summed E-state index contributed by atoms with van der Waals surface area (Å²) in [6.45, 7) is -0.142. The van der Waals surface area contributed by atoms with Crippen LogP contribution in [0, 0.1) is 0 Å². The molecule has 2 aromatic carbocycles. The highest BCUT2D eigenvalue weighted by molar-refractivity contribution is 7.99. The van der Waals surface area contributed by atoms with Gasteiger partial charge in [-0.25, -0.2) is 14.6 Å². The van der Waals surface area contributed by atoms with Crippen molar-refractivity contribution in [1.82, 2.24) is 10.2 Å². The van der Waals surface area contributed by atoms with E-state index < -0.39 is 30.3 Å². The number of methoxy groups -OCH3 is 1. The van der Waals surface area contributed by atoms with E-state index in [9.17, 15) is 19.2 Å². The van der Waals surface area contributed by atoms with Crippen LogP contribution >= 0.6 is 11.8 Å². The molecule has 0 aliphatic carbocycles. The van der Waals surface area contributed by atoms with Crippen molar-refractivity contribution in [3.8, 4) is 5.75 Å². The highest BCUT2D eigenvalue weighted by Gasteiger charge is 2.46. The number of thioether (sulfide) groups is 1. The minimum absolute atomic E-state index is 0.233. The van der Waals surface area contributed by atoms with Crippen molar-refractivity contribution >= 4 is 41.2 Å². The molecule has 1 aliphatic rings. The third-order valence-electron chi connectivity index (χ3n) is 4.12. The number of ether oxygens (including phenoxy) is 1. The van der Waals surface area contributed by atoms with Gasteiger partial charge in [-0.3, -0.25) is 14.4 Å². The van der Waals surface area contributed by atoms with Crippen LogP contribution in [0.4, 0.5) is 10.5 Å². The highest BCUT2D eigenvalue weighted by Crippen LogP contribution is 2.24. The van der Waals surface area contributed by atoms with Crippen molar-refractivity contribution < 1.29 is 23.9 Å². The topological polar surface area (TPSA) is 96.0 Å². The van der Waals surface area contributed by atoms with Crippen molar-refractivity contribution in [2.24, 2.45) is 0 Å². The zero-order valence-electron chi connectivity index (χ0n) is 15.7. The Balaban J connectivity index is 1.54. The summed E-state index contributed by atoms with van der Waals surface area (Å²) in [4.78, 5) is 51.5. The Hall–Kier alpha value is -3.33. The maximum atomic E-state index is 12.5. The quantitative estimate of drug-likeness (QED) is 0.307. The lowest BCUT2D eigenvalue weighted by atomic mass is 10.3. The molecule has 3 rings (SSSR count). The molecule has 1 fully saturated rings. The van der Waals surface area contributed by atoms with Gasteiger partial charge in [0.05, 0.1) is 12.8 Å². The van der Waals surface area contributed by atoms with Crippen molar-refractivity contribution in [2.45, 2.75) is 4.90 Å². The first-order valence-electron chi connectivity index (χ1n) is 8.80. The summed E-state index contributed by atoms with van der Waals surface area (Å²) >= 11 is 1.57. The number of hydrogen-bond donors (Lipinski definition) is 1. The predicted molar refractivity (Wildman–Crippen MR) is 108 cm³/mol. The summed E-state index contributed by atoms with van der Waals surface area (Å²) in [5.74, 6) is -1.35. The van der Waals surface area contributed by atoms with Crippen LogP contribution in [0.25, 0.3) is 0 Å². The van der Waals surface area contributed by atoms with Gasteiger partial charge >= 0.3 is 17.8 Å². The number of anilines is 1. The van der Waals surface area contributed by atoms with Gasteiger partial charge in [0.2, 0.25) is 5.91 Å². The summed E-state index contributed by atoms with van der Waals surface area (Å²) < 4.78 is 5.03. The van der Waals surface area contributed by atoms with Gasteiger partial charge in [0.1, 0.15) is 12.3 Å². The maximum Gasteiger partial charge on any atom is 0.339 e. The first kappa shape index (κ1) is 20.4. The normalized spacial score (nSPS) is 13.8. The van der Waals surface area contributed by atoms with Crippen LogP contribution in [-0.2, 0) is 14.4 Å². The van der Waals surface area contributed by atoms with Crippen molar-refractivity contribution in [3.63, 3.8) is 0 Å². The molecular formula is C20H19N3O5S. The fraction of sp³-hybridized carbons (Fsp3) is 0.200. The molecule has 0 spiro atoms. The van der Waals surface area contributed by atoms with Crippen molar-refractivity contribution in [1.29, 1.82) is 0 Å². The van der Waals surface area contributed by atoms with Crippen LogP contribution in [0.15, 0.2) is 59.5 Å².